The largest absolute Gasteiger partial charge is 0.497 e. The van der Waals surface area contributed by atoms with Gasteiger partial charge in [0.2, 0.25) is 0 Å². The normalized spacial score (nSPS) is 10.6. The molecule has 0 aliphatic heterocycles. The highest BCUT2D eigenvalue weighted by atomic mass is 16.5. The molecule has 3 aromatic rings. The molecule has 3 rings (SSSR count). The molecule has 0 aliphatic carbocycles. The van der Waals surface area contributed by atoms with Gasteiger partial charge in [0, 0.05) is 18.0 Å². The first-order chi connectivity index (χ1) is 8.36. The van der Waals surface area contributed by atoms with Crippen molar-refractivity contribution in [2.75, 3.05) is 7.11 Å². The Labute approximate surface area is 98.5 Å². The van der Waals surface area contributed by atoms with Crippen molar-refractivity contribution < 1.29 is 4.74 Å². The van der Waals surface area contributed by atoms with Crippen molar-refractivity contribution in [3.8, 4) is 17.0 Å². The second-order valence-corrected chi connectivity index (χ2v) is 3.68. The van der Waals surface area contributed by atoms with Crippen molar-refractivity contribution in [2.45, 2.75) is 0 Å². The molecule has 17 heavy (non-hydrogen) atoms. The van der Waals surface area contributed by atoms with Gasteiger partial charge in [0.25, 0.3) is 0 Å². The van der Waals surface area contributed by atoms with Gasteiger partial charge in [-0.3, -0.25) is 0 Å². The van der Waals surface area contributed by atoms with Crippen LogP contribution in [-0.4, -0.2) is 21.7 Å². The Balaban J connectivity index is 2.12. The van der Waals surface area contributed by atoms with Gasteiger partial charge in [-0.15, -0.1) is 0 Å². The Morgan fingerprint density at radius 2 is 2.12 bits per heavy atom. The highest BCUT2D eigenvalue weighted by Gasteiger charge is 2.02. The predicted molar refractivity (Wildman–Crippen MR) is 65.0 cm³/mol. The van der Waals surface area contributed by atoms with Crippen LogP contribution in [-0.2, 0) is 0 Å². The Morgan fingerprint density at radius 1 is 1.18 bits per heavy atom. The number of methoxy groups -OCH3 is 1. The fourth-order valence-electron chi connectivity index (χ4n) is 1.75. The van der Waals surface area contributed by atoms with Gasteiger partial charge in [-0.2, -0.15) is 5.10 Å². The Bertz CT molecular complexity index is 660. The third-order valence-electron chi connectivity index (χ3n) is 2.62. The number of hydrogen-bond donors (Lipinski definition) is 0. The van der Waals surface area contributed by atoms with E-state index >= 15 is 0 Å². The maximum Gasteiger partial charge on any atom is 0.153 e. The van der Waals surface area contributed by atoms with E-state index in [4.69, 9.17) is 4.74 Å². The molecule has 0 spiro atoms. The molecule has 2 aromatic heterocycles. The smallest absolute Gasteiger partial charge is 0.153 e. The first-order valence-corrected chi connectivity index (χ1v) is 5.31. The maximum atomic E-state index is 5.20. The van der Waals surface area contributed by atoms with Gasteiger partial charge in [-0.25, -0.2) is 9.50 Å². The SMILES string of the molecule is COc1cccc(-c2ccc3nccn3n2)c1. The fourth-order valence-corrected chi connectivity index (χ4v) is 1.75. The minimum atomic E-state index is 0.829. The molecule has 0 amide bonds. The molecule has 4 nitrogen and oxygen atoms in total. The summed E-state index contributed by atoms with van der Waals surface area (Å²) in [4.78, 5) is 4.16. The fraction of sp³-hybridized carbons (Fsp3) is 0.0769. The van der Waals surface area contributed by atoms with Crippen LogP contribution in [0.15, 0.2) is 48.8 Å². The summed E-state index contributed by atoms with van der Waals surface area (Å²) < 4.78 is 6.96. The summed E-state index contributed by atoms with van der Waals surface area (Å²) in [7, 11) is 1.66. The van der Waals surface area contributed by atoms with E-state index in [0.717, 1.165) is 22.7 Å². The van der Waals surface area contributed by atoms with Crippen LogP contribution in [0.5, 0.6) is 5.75 Å². The van der Waals surface area contributed by atoms with Crippen LogP contribution < -0.4 is 4.74 Å². The molecule has 0 bridgehead atoms. The third kappa shape index (κ3) is 1.73. The third-order valence-corrected chi connectivity index (χ3v) is 2.62. The molecule has 0 fully saturated rings. The Morgan fingerprint density at radius 3 is 3.00 bits per heavy atom. The van der Waals surface area contributed by atoms with Gasteiger partial charge in [0.1, 0.15) is 5.75 Å². The molecule has 84 valence electrons. The lowest BCUT2D eigenvalue weighted by atomic mass is 10.1. The van der Waals surface area contributed by atoms with Gasteiger partial charge in [-0.1, -0.05) is 12.1 Å². The van der Waals surface area contributed by atoms with Crippen LogP contribution in [0.1, 0.15) is 0 Å². The Kier molecular flexibility index (Phi) is 2.26. The van der Waals surface area contributed by atoms with Gasteiger partial charge in [0.05, 0.1) is 12.8 Å². The number of benzene rings is 1. The van der Waals surface area contributed by atoms with Gasteiger partial charge in [-0.05, 0) is 24.3 Å². The number of hydrogen-bond acceptors (Lipinski definition) is 3. The van der Waals surface area contributed by atoms with E-state index in [1.165, 1.54) is 0 Å². The minimum Gasteiger partial charge on any atom is -0.497 e. The van der Waals surface area contributed by atoms with Crippen molar-refractivity contribution in [1.29, 1.82) is 0 Å². The number of nitrogens with zero attached hydrogens (tertiary/aromatic N) is 3. The molecule has 0 saturated heterocycles. The summed E-state index contributed by atoms with van der Waals surface area (Å²) in [6.45, 7) is 0. The zero-order valence-electron chi connectivity index (χ0n) is 9.37. The molecule has 0 saturated carbocycles. The summed E-state index contributed by atoms with van der Waals surface area (Å²) in [5.41, 5.74) is 2.77. The molecule has 0 unspecified atom stereocenters. The minimum absolute atomic E-state index is 0.829. The van der Waals surface area contributed by atoms with E-state index in [2.05, 4.69) is 10.1 Å². The maximum absolute atomic E-state index is 5.20. The number of imidazole rings is 1. The highest BCUT2D eigenvalue weighted by Crippen LogP contribution is 2.21. The second-order valence-electron chi connectivity index (χ2n) is 3.68. The standard InChI is InChI=1S/C13H11N3O/c1-17-11-4-2-3-10(9-11)12-5-6-13-14-7-8-16(13)15-12/h2-9H,1H3. The van der Waals surface area contributed by atoms with Crippen LogP contribution in [0, 0.1) is 0 Å². The predicted octanol–water partition coefficient (Wildman–Crippen LogP) is 2.40. The number of fused-ring (bicyclic) bond motifs is 1. The van der Waals surface area contributed by atoms with E-state index in [0.29, 0.717) is 0 Å². The number of ether oxygens (including phenoxy) is 1. The van der Waals surface area contributed by atoms with E-state index in [-0.39, 0.29) is 0 Å². The van der Waals surface area contributed by atoms with E-state index in [1.54, 1.807) is 17.8 Å². The number of aromatic nitrogens is 3. The van der Waals surface area contributed by atoms with Crippen molar-refractivity contribution >= 4 is 5.65 Å². The summed E-state index contributed by atoms with van der Waals surface area (Å²) in [5.74, 6) is 0.829. The van der Waals surface area contributed by atoms with Crippen LogP contribution in [0.4, 0.5) is 0 Å². The van der Waals surface area contributed by atoms with Crippen LogP contribution in [0.25, 0.3) is 16.9 Å². The van der Waals surface area contributed by atoms with Gasteiger partial charge in [0.15, 0.2) is 5.65 Å². The molecular weight excluding hydrogens is 214 g/mol. The molecule has 0 radical (unpaired) electrons. The van der Waals surface area contributed by atoms with Crippen molar-refractivity contribution in [1.82, 2.24) is 14.6 Å². The van der Waals surface area contributed by atoms with Gasteiger partial charge >= 0.3 is 0 Å². The first-order valence-electron chi connectivity index (χ1n) is 5.31. The summed E-state index contributed by atoms with van der Waals surface area (Å²) in [5, 5.41) is 4.48. The molecule has 1 aromatic carbocycles. The topological polar surface area (TPSA) is 39.4 Å². The Hall–Kier alpha value is -2.36. The monoisotopic (exact) mass is 225 g/mol. The lowest BCUT2D eigenvalue weighted by Crippen LogP contribution is -1.93. The van der Waals surface area contributed by atoms with Gasteiger partial charge < -0.3 is 4.74 Å². The first kappa shape index (κ1) is 9.84. The van der Waals surface area contributed by atoms with E-state index < -0.39 is 0 Å². The van der Waals surface area contributed by atoms with Crippen molar-refractivity contribution in [3.63, 3.8) is 0 Å². The second kappa shape index (κ2) is 3.90. The van der Waals surface area contributed by atoms with Crippen LogP contribution in [0.3, 0.4) is 0 Å². The average molecular weight is 225 g/mol. The van der Waals surface area contributed by atoms with Crippen molar-refractivity contribution in [2.24, 2.45) is 0 Å². The summed E-state index contributed by atoms with van der Waals surface area (Å²) >= 11 is 0. The molecule has 0 aliphatic rings. The average Bonchev–Trinajstić information content (AvgIpc) is 2.86. The quantitative estimate of drug-likeness (QED) is 0.672. The molecule has 4 heteroatoms. The molecule has 0 atom stereocenters. The van der Waals surface area contributed by atoms with E-state index in [9.17, 15) is 0 Å². The highest BCUT2D eigenvalue weighted by molar-refractivity contribution is 5.62. The van der Waals surface area contributed by atoms with Crippen LogP contribution >= 0.6 is 0 Å². The zero-order chi connectivity index (χ0) is 11.7. The lowest BCUT2D eigenvalue weighted by molar-refractivity contribution is 0.415. The van der Waals surface area contributed by atoms with Crippen LogP contribution in [0.2, 0.25) is 0 Å². The summed E-state index contributed by atoms with van der Waals surface area (Å²) in [6, 6.07) is 11.7. The van der Waals surface area contributed by atoms with Crippen molar-refractivity contribution in [3.05, 3.63) is 48.8 Å². The zero-order valence-corrected chi connectivity index (χ0v) is 9.37. The summed E-state index contributed by atoms with van der Waals surface area (Å²) in [6.07, 6.45) is 3.57. The van der Waals surface area contributed by atoms with E-state index in [1.807, 2.05) is 42.6 Å². The number of rotatable bonds is 2. The lowest BCUT2D eigenvalue weighted by Gasteiger charge is -2.04. The molecule has 0 N–H and O–H groups in total. The molecule has 2 heterocycles. The molecular formula is C13H11N3O.